The van der Waals surface area contributed by atoms with Crippen molar-refractivity contribution in [2.24, 2.45) is 10.7 Å². The number of hydrogen-bond acceptors (Lipinski definition) is 7. The number of benzene rings is 1. The highest BCUT2D eigenvalue weighted by Gasteiger charge is 2.32. The summed E-state index contributed by atoms with van der Waals surface area (Å²) in [6, 6.07) is 8.77. The van der Waals surface area contributed by atoms with Crippen LogP contribution in [0.3, 0.4) is 0 Å². The number of carbonyl (C=O) groups is 1. The van der Waals surface area contributed by atoms with Gasteiger partial charge < -0.3 is 15.5 Å². The minimum atomic E-state index is -0.545. The summed E-state index contributed by atoms with van der Waals surface area (Å²) in [5.41, 5.74) is 9.95. The van der Waals surface area contributed by atoms with E-state index < -0.39 is 6.04 Å². The van der Waals surface area contributed by atoms with Crippen LogP contribution in [0.2, 0.25) is 5.02 Å². The van der Waals surface area contributed by atoms with Crippen LogP contribution in [0.5, 0.6) is 0 Å². The van der Waals surface area contributed by atoms with Crippen molar-refractivity contribution in [3.8, 4) is 28.7 Å². The number of aromatic nitrogens is 3. The minimum Gasteiger partial charge on any atom is -0.455 e. The number of amides is 1. The van der Waals surface area contributed by atoms with Crippen molar-refractivity contribution >= 4 is 34.6 Å². The number of thiophene rings is 1. The fourth-order valence-corrected chi connectivity index (χ4v) is 5.64. The van der Waals surface area contributed by atoms with Gasteiger partial charge in [0.05, 0.1) is 37.0 Å². The number of nitrogens with one attached hydrogen (secondary N) is 1. The van der Waals surface area contributed by atoms with Crippen LogP contribution in [0, 0.1) is 44.5 Å². The lowest BCUT2D eigenvalue weighted by molar-refractivity contribution is -0.121. The molecule has 1 atom stereocenters. The van der Waals surface area contributed by atoms with Gasteiger partial charge in [-0.3, -0.25) is 14.4 Å². The largest absolute Gasteiger partial charge is 0.455 e. The first-order valence-corrected chi connectivity index (χ1v) is 13.4. The molecule has 5 rings (SSSR count). The Morgan fingerprint density at radius 3 is 2.72 bits per heavy atom. The number of halogens is 1. The summed E-state index contributed by atoms with van der Waals surface area (Å²) in [6.07, 6.45) is 1.61. The Kier molecular flexibility index (Phi) is 7.67. The molecular formula is C29H25ClN6O2S. The second-order valence-electron chi connectivity index (χ2n) is 8.86. The molecule has 0 spiro atoms. The smallest absolute Gasteiger partial charge is 0.223 e. The maximum atomic E-state index is 13.1. The molecule has 4 heterocycles. The molecule has 3 N–H and O–H groups in total. The minimum absolute atomic E-state index is 0.0861. The van der Waals surface area contributed by atoms with E-state index >= 15 is 0 Å². The van der Waals surface area contributed by atoms with Crippen molar-refractivity contribution in [3.63, 3.8) is 0 Å². The van der Waals surface area contributed by atoms with Gasteiger partial charge in [-0.1, -0.05) is 41.5 Å². The summed E-state index contributed by atoms with van der Waals surface area (Å²) in [6.45, 7) is 6.48. The van der Waals surface area contributed by atoms with Crippen molar-refractivity contribution in [2.45, 2.75) is 33.2 Å². The van der Waals surface area contributed by atoms with E-state index in [1.807, 2.05) is 35.8 Å². The molecule has 0 aliphatic carbocycles. The zero-order valence-electron chi connectivity index (χ0n) is 21.6. The monoisotopic (exact) mass is 556 g/mol. The Morgan fingerprint density at radius 2 is 1.95 bits per heavy atom. The molecule has 1 aromatic carbocycles. The van der Waals surface area contributed by atoms with Crippen molar-refractivity contribution in [3.05, 3.63) is 86.2 Å². The number of rotatable bonds is 4. The maximum absolute atomic E-state index is 13.1. The summed E-state index contributed by atoms with van der Waals surface area (Å²) in [4.78, 5) is 19.4. The van der Waals surface area contributed by atoms with Crippen molar-refractivity contribution < 1.29 is 9.21 Å². The average Bonchev–Trinajstić information content (AvgIpc) is 3.59. The summed E-state index contributed by atoms with van der Waals surface area (Å²) in [5.74, 6) is 13.1. The van der Waals surface area contributed by atoms with Gasteiger partial charge in [0.15, 0.2) is 11.6 Å². The van der Waals surface area contributed by atoms with Gasteiger partial charge >= 0.3 is 0 Å². The second kappa shape index (κ2) is 11.3. The predicted octanol–water partition coefficient (Wildman–Crippen LogP) is 4.26. The van der Waals surface area contributed by atoms with Gasteiger partial charge in [-0.2, -0.15) is 0 Å². The number of nitrogens with two attached hydrogens (primary N) is 1. The van der Waals surface area contributed by atoms with E-state index in [4.69, 9.17) is 26.7 Å². The molecule has 0 bridgehead atoms. The van der Waals surface area contributed by atoms with E-state index in [2.05, 4.69) is 53.0 Å². The Hall–Kier alpha value is -4.15. The Balaban J connectivity index is 1.43. The van der Waals surface area contributed by atoms with Gasteiger partial charge in [0.1, 0.15) is 16.9 Å². The predicted molar refractivity (Wildman–Crippen MR) is 152 cm³/mol. The van der Waals surface area contributed by atoms with E-state index in [0.717, 1.165) is 33.2 Å². The lowest BCUT2D eigenvalue weighted by Gasteiger charge is -2.12. The number of carbonyl (C=O) groups excluding carboxylic acids is 1. The maximum Gasteiger partial charge on any atom is 0.223 e. The highest BCUT2D eigenvalue weighted by Crippen LogP contribution is 2.39. The van der Waals surface area contributed by atoms with Gasteiger partial charge in [0, 0.05) is 21.0 Å². The molecule has 4 aromatic rings. The normalized spacial score (nSPS) is 13.7. The third-order valence-electron chi connectivity index (χ3n) is 6.30. The average molecular weight is 557 g/mol. The molecule has 1 amide bonds. The van der Waals surface area contributed by atoms with Crippen LogP contribution in [0.15, 0.2) is 46.0 Å². The SMILES string of the molecule is Cc1sc2c(c1C)C(c1ccc(Cl)cc1)=N[C@@H](CC(=O)NCC#Cc1ccoc1C#CCN)c1nnc(C)n1-2. The molecule has 1 aliphatic rings. The molecule has 0 saturated heterocycles. The van der Waals surface area contributed by atoms with Crippen LogP contribution in [0.25, 0.3) is 5.00 Å². The standard InChI is InChI=1S/C29H25ClN6O2S/c1-17-18(2)39-29-26(17)27(21-8-10-22(30)11-9-21)33-23(28-35-34-19(3)36(28)29)16-25(37)32-14-5-6-20-12-15-38-24(20)7-4-13-31/h8-12,15,23H,13-14,16,31H2,1-3H3,(H,32,37)/t23-/m0/s1. The van der Waals surface area contributed by atoms with E-state index in [9.17, 15) is 4.79 Å². The molecule has 0 radical (unpaired) electrons. The number of aliphatic imine (C=N–C) groups is 1. The Labute approximate surface area is 235 Å². The van der Waals surface area contributed by atoms with E-state index in [1.54, 1.807) is 17.4 Å². The van der Waals surface area contributed by atoms with Crippen LogP contribution in [-0.2, 0) is 4.79 Å². The molecule has 1 aliphatic heterocycles. The molecule has 8 nitrogen and oxygen atoms in total. The third-order valence-corrected chi connectivity index (χ3v) is 7.75. The number of aryl methyl sites for hydroxylation is 2. The van der Waals surface area contributed by atoms with Crippen molar-refractivity contribution in [1.29, 1.82) is 0 Å². The Morgan fingerprint density at radius 1 is 1.15 bits per heavy atom. The van der Waals surface area contributed by atoms with Gasteiger partial charge in [0.2, 0.25) is 5.91 Å². The quantitative estimate of drug-likeness (QED) is 0.365. The molecule has 10 heteroatoms. The summed E-state index contributed by atoms with van der Waals surface area (Å²) in [5, 5.41) is 13.3. The fraction of sp³-hybridized carbons (Fsp3) is 0.241. The van der Waals surface area contributed by atoms with Crippen LogP contribution in [0.1, 0.15) is 57.0 Å². The summed E-state index contributed by atoms with van der Waals surface area (Å²) < 4.78 is 7.35. The van der Waals surface area contributed by atoms with Gasteiger partial charge in [-0.15, -0.1) is 21.5 Å². The number of hydrogen-bond donors (Lipinski definition) is 2. The first kappa shape index (κ1) is 26.5. The molecule has 0 unspecified atom stereocenters. The molecular weight excluding hydrogens is 532 g/mol. The molecule has 0 fully saturated rings. The zero-order valence-corrected chi connectivity index (χ0v) is 23.2. The van der Waals surface area contributed by atoms with E-state index in [1.165, 1.54) is 11.1 Å². The number of fused-ring (bicyclic) bond motifs is 3. The number of furan rings is 1. The van der Waals surface area contributed by atoms with Crippen molar-refractivity contribution in [1.82, 2.24) is 20.1 Å². The number of nitrogens with zero attached hydrogens (tertiary/aromatic N) is 4. The van der Waals surface area contributed by atoms with Crippen LogP contribution in [0.4, 0.5) is 0 Å². The van der Waals surface area contributed by atoms with E-state index in [0.29, 0.717) is 22.2 Å². The van der Waals surface area contributed by atoms with Gasteiger partial charge in [-0.05, 0) is 50.5 Å². The fourth-order valence-electron chi connectivity index (χ4n) is 4.30. The first-order valence-electron chi connectivity index (χ1n) is 12.3. The third kappa shape index (κ3) is 5.39. The molecule has 39 heavy (non-hydrogen) atoms. The second-order valence-corrected chi connectivity index (χ2v) is 10.5. The highest BCUT2D eigenvalue weighted by atomic mass is 35.5. The van der Waals surface area contributed by atoms with E-state index in [-0.39, 0.29) is 25.4 Å². The van der Waals surface area contributed by atoms with Crippen LogP contribution in [-0.4, -0.2) is 39.5 Å². The Bertz CT molecular complexity index is 1710. The summed E-state index contributed by atoms with van der Waals surface area (Å²) in [7, 11) is 0. The van der Waals surface area contributed by atoms with Crippen LogP contribution >= 0.6 is 22.9 Å². The van der Waals surface area contributed by atoms with Gasteiger partial charge in [0.25, 0.3) is 0 Å². The lowest BCUT2D eigenvalue weighted by atomic mass is 9.99. The lowest BCUT2D eigenvalue weighted by Crippen LogP contribution is -2.25. The topological polar surface area (TPSA) is 111 Å². The highest BCUT2D eigenvalue weighted by molar-refractivity contribution is 7.15. The first-order chi connectivity index (χ1) is 18.9. The van der Waals surface area contributed by atoms with Crippen LogP contribution < -0.4 is 11.1 Å². The van der Waals surface area contributed by atoms with Crippen molar-refractivity contribution in [2.75, 3.05) is 13.1 Å². The molecule has 0 saturated carbocycles. The van der Waals surface area contributed by atoms with Gasteiger partial charge in [-0.25, -0.2) is 0 Å². The molecule has 196 valence electrons. The molecule has 3 aromatic heterocycles. The zero-order chi connectivity index (χ0) is 27.5. The summed E-state index contributed by atoms with van der Waals surface area (Å²) >= 11 is 7.84.